The summed E-state index contributed by atoms with van der Waals surface area (Å²) in [6, 6.07) is 11.5. The lowest BCUT2D eigenvalue weighted by Gasteiger charge is -2.11. The first kappa shape index (κ1) is 26.0. The number of benzene rings is 1. The van der Waals surface area contributed by atoms with Gasteiger partial charge in [-0.25, -0.2) is 9.50 Å². The van der Waals surface area contributed by atoms with E-state index >= 15 is 0 Å². The third kappa shape index (κ3) is 5.48. The first-order chi connectivity index (χ1) is 18.6. The number of aryl methyl sites for hydroxylation is 1. The molecule has 0 bridgehead atoms. The molecule has 5 rings (SSSR count). The lowest BCUT2D eigenvalue weighted by Crippen LogP contribution is -2.25. The number of carbonyl (C=O) groups excluding carboxylic acids is 2. The highest BCUT2D eigenvalue weighted by atomic mass is 35.5. The molecule has 0 spiro atoms. The van der Waals surface area contributed by atoms with Gasteiger partial charge in [-0.15, -0.1) is 0 Å². The van der Waals surface area contributed by atoms with Crippen molar-refractivity contribution >= 4 is 34.7 Å². The Morgan fingerprint density at radius 3 is 2.51 bits per heavy atom. The fourth-order valence-electron chi connectivity index (χ4n) is 3.75. The summed E-state index contributed by atoms with van der Waals surface area (Å²) in [5, 5.41) is 13.6. The molecule has 0 aliphatic carbocycles. The molecule has 14 heteroatoms. The van der Waals surface area contributed by atoms with Crippen LogP contribution in [0.3, 0.4) is 0 Å². The van der Waals surface area contributed by atoms with Gasteiger partial charge in [-0.3, -0.25) is 14.3 Å². The van der Waals surface area contributed by atoms with E-state index in [0.717, 1.165) is 12.1 Å². The monoisotopic (exact) mass is 557 g/mol. The second-order valence-corrected chi connectivity index (χ2v) is 8.73. The van der Waals surface area contributed by atoms with Gasteiger partial charge >= 0.3 is 6.18 Å². The molecule has 1 aromatic carbocycles. The standard InChI is InChI=1S/C25H19ClF3N7O3/c1-2-35-13-19(22(34-35)24(38)30-12-16-4-3-9-39-16)32-23(37)18-11-21-31-17(14-5-7-15(26)8-6-14)10-20(25(27,28)29)36(21)33-18/h3-11,13H,2,12H2,1H3,(H,30,38)(H,32,37). The maximum atomic E-state index is 13.9. The number of carbonyl (C=O) groups is 2. The highest BCUT2D eigenvalue weighted by Crippen LogP contribution is 2.32. The lowest BCUT2D eigenvalue weighted by molar-refractivity contribution is -0.142. The minimum atomic E-state index is -4.79. The van der Waals surface area contributed by atoms with E-state index in [4.69, 9.17) is 16.0 Å². The van der Waals surface area contributed by atoms with Crippen LogP contribution in [0.4, 0.5) is 18.9 Å². The average Bonchev–Trinajstić information content (AvgIpc) is 3.66. The highest BCUT2D eigenvalue weighted by molar-refractivity contribution is 6.30. The van der Waals surface area contributed by atoms with Crippen molar-refractivity contribution in [2.24, 2.45) is 0 Å². The maximum absolute atomic E-state index is 13.9. The molecule has 0 atom stereocenters. The number of nitrogens with zero attached hydrogens (tertiary/aromatic N) is 5. The van der Waals surface area contributed by atoms with Crippen LogP contribution < -0.4 is 10.6 Å². The van der Waals surface area contributed by atoms with Gasteiger partial charge in [0.25, 0.3) is 11.8 Å². The van der Waals surface area contributed by atoms with Gasteiger partial charge in [0.1, 0.15) is 5.76 Å². The van der Waals surface area contributed by atoms with Gasteiger partial charge in [-0.05, 0) is 37.3 Å². The third-order valence-electron chi connectivity index (χ3n) is 5.64. The summed E-state index contributed by atoms with van der Waals surface area (Å²) >= 11 is 5.89. The third-order valence-corrected chi connectivity index (χ3v) is 5.89. The number of amides is 2. The van der Waals surface area contributed by atoms with Gasteiger partial charge < -0.3 is 15.1 Å². The minimum absolute atomic E-state index is 0.0260. The summed E-state index contributed by atoms with van der Waals surface area (Å²) in [6.07, 6.45) is -1.89. The molecule has 0 saturated carbocycles. The Morgan fingerprint density at radius 2 is 1.85 bits per heavy atom. The van der Waals surface area contributed by atoms with Crippen LogP contribution in [-0.4, -0.2) is 36.2 Å². The fraction of sp³-hybridized carbons (Fsp3) is 0.160. The molecule has 0 saturated heterocycles. The zero-order valence-corrected chi connectivity index (χ0v) is 20.9. The van der Waals surface area contributed by atoms with E-state index in [-0.39, 0.29) is 35.0 Å². The molecule has 2 amide bonds. The molecule has 0 radical (unpaired) electrons. The van der Waals surface area contributed by atoms with Crippen molar-refractivity contribution in [2.75, 3.05) is 5.32 Å². The van der Waals surface area contributed by atoms with E-state index in [0.29, 0.717) is 27.4 Å². The summed E-state index contributed by atoms with van der Waals surface area (Å²) < 4.78 is 48.9. The predicted molar refractivity (Wildman–Crippen MR) is 134 cm³/mol. The maximum Gasteiger partial charge on any atom is 0.433 e. The largest absolute Gasteiger partial charge is 0.467 e. The van der Waals surface area contributed by atoms with E-state index < -0.39 is 23.7 Å². The van der Waals surface area contributed by atoms with Crippen LogP contribution in [0.15, 0.2) is 65.4 Å². The summed E-state index contributed by atoms with van der Waals surface area (Å²) in [5.41, 5.74) is -1.25. The SMILES string of the molecule is CCn1cc(NC(=O)c2cc3nc(-c4ccc(Cl)cc4)cc(C(F)(F)F)n3n2)c(C(=O)NCc2ccco2)n1. The molecule has 39 heavy (non-hydrogen) atoms. The van der Waals surface area contributed by atoms with E-state index in [1.165, 1.54) is 41.4 Å². The Bertz CT molecular complexity index is 1660. The van der Waals surface area contributed by atoms with Crippen molar-refractivity contribution < 1.29 is 27.2 Å². The molecule has 10 nitrogen and oxygen atoms in total. The van der Waals surface area contributed by atoms with Gasteiger partial charge in [0.15, 0.2) is 22.7 Å². The second kappa shape index (κ2) is 10.3. The Balaban J connectivity index is 1.46. The smallest absolute Gasteiger partial charge is 0.433 e. The normalized spacial score (nSPS) is 11.6. The molecule has 0 aliphatic rings. The molecule has 0 unspecified atom stereocenters. The van der Waals surface area contributed by atoms with Crippen LogP contribution in [0.2, 0.25) is 5.02 Å². The first-order valence-corrected chi connectivity index (χ1v) is 11.9. The van der Waals surface area contributed by atoms with Gasteiger partial charge in [0.05, 0.1) is 24.2 Å². The van der Waals surface area contributed by atoms with Crippen LogP contribution in [-0.2, 0) is 19.3 Å². The minimum Gasteiger partial charge on any atom is -0.467 e. The highest BCUT2D eigenvalue weighted by Gasteiger charge is 2.36. The fourth-order valence-corrected chi connectivity index (χ4v) is 3.88. The summed E-state index contributed by atoms with van der Waals surface area (Å²) in [7, 11) is 0. The van der Waals surface area contributed by atoms with Crippen LogP contribution in [0.25, 0.3) is 16.9 Å². The van der Waals surface area contributed by atoms with E-state index in [1.807, 2.05) is 0 Å². The summed E-state index contributed by atoms with van der Waals surface area (Å²) in [5.74, 6) is -0.922. The Labute approximate surface area is 223 Å². The molecule has 0 fully saturated rings. The number of rotatable bonds is 7. The summed E-state index contributed by atoms with van der Waals surface area (Å²) in [6.45, 7) is 2.27. The molecule has 0 aliphatic heterocycles. The molecule has 2 N–H and O–H groups in total. The van der Waals surface area contributed by atoms with Gasteiger partial charge in [0, 0.05) is 29.4 Å². The quantitative estimate of drug-likeness (QED) is 0.289. The van der Waals surface area contributed by atoms with Crippen LogP contribution in [0.1, 0.15) is 39.4 Å². The van der Waals surface area contributed by atoms with Gasteiger partial charge in [0.2, 0.25) is 0 Å². The van der Waals surface area contributed by atoms with E-state index in [2.05, 4.69) is 25.8 Å². The molecule has 5 aromatic rings. The number of hydrogen-bond acceptors (Lipinski definition) is 6. The van der Waals surface area contributed by atoms with E-state index in [1.54, 1.807) is 19.1 Å². The lowest BCUT2D eigenvalue weighted by atomic mass is 10.1. The number of nitrogens with one attached hydrogen (secondary N) is 2. The first-order valence-electron chi connectivity index (χ1n) is 11.6. The molecule has 200 valence electrons. The zero-order valence-electron chi connectivity index (χ0n) is 20.2. The molecule has 4 aromatic heterocycles. The number of hydrogen-bond donors (Lipinski definition) is 2. The van der Waals surface area contributed by atoms with Crippen molar-refractivity contribution in [1.29, 1.82) is 0 Å². The van der Waals surface area contributed by atoms with Crippen LogP contribution >= 0.6 is 11.6 Å². The molecular weight excluding hydrogens is 539 g/mol. The van der Waals surface area contributed by atoms with Crippen molar-refractivity contribution in [3.8, 4) is 11.3 Å². The predicted octanol–water partition coefficient (Wildman–Crippen LogP) is 5.06. The van der Waals surface area contributed by atoms with Crippen molar-refractivity contribution in [2.45, 2.75) is 26.2 Å². The second-order valence-electron chi connectivity index (χ2n) is 8.29. The number of furan rings is 1. The zero-order chi connectivity index (χ0) is 27.7. The number of fused-ring (bicyclic) bond motifs is 1. The topological polar surface area (TPSA) is 119 Å². The number of anilines is 1. The molecular formula is C25H19ClF3N7O3. The Hall–Kier alpha value is -4.65. The van der Waals surface area contributed by atoms with Crippen molar-refractivity contribution in [3.63, 3.8) is 0 Å². The Kier molecular flexibility index (Phi) is 6.83. The van der Waals surface area contributed by atoms with Crippen LogP contribution in [0, 0.1) is 0 Å². The van der Waals surface area contributed by atoms with Crippen molar-refractivity contribution in [1.82, 2.24) is 29.7 Å². The Morgan fingerprint density at radius 1 is 1.08 bits per heavy atom. The van der Waals surface area contributed by atoms with Crippen LogP contribution in [0.5, 0.6) is 0 Å². The van der Waals surface area contributed by atoms with E-state index in [9.17, 15) is 22.8 Å². The average molecular weight is 558 g/mol. The number of alkyl halides is 3. The molecule has 4 heterocycles. The van der Waals surface area contributed by atoms with Gasteiger partial charge in [-0.1, -0.05) is 23.7 Å². The van der Waals surface area contributed by atoms with Crippen molar-refractivity contribution in [3.05, 3.63) is 88.9 Å². The van der Waals surface area contributed by atoms with Gasteiger partial charge in [-0.2, -0.15) is 23.4 Å². The number of aromatic nitrogens is 5. The number of halogens is 4. The summed E-state index contributed by atoms with van der Waals surface area (Å²) in [4.78, 5) is 30.1.